The van der Waals surface area contributed by atoms with Crippen molar-refractivity contribution < 1.29 is 33.7 Å². The van der Waals surface area contributed by atoms with Crippen LogP contribution in [0.3, 0.4) is 0 Å². The summed E-state index contributed by atoms with van der Waals surface area (Å²) in [6, 6.07) is 0. The zero-order chi connectivity index (χ0) is 35.7. The number of hydrogen-bond acceptors (Lipinski definition) is 7. The van der Waals surface area contributed by atoms with Gasteiger partial charge in [-0.25, -0.2) is 0 Å². The number of allylic oxidation sites excluding steroid dienone is 2. The maximum absolute atomic E-state index is 12.3. The van der Waals surface area contributed by atoms with Crippen molar-refractivity contribution in [1.82, 2.24) is 0 Å². The molecule has 48 heavy (non-hydrogen) atoms. The summed E-state index contributed by atoms with van der Waals surface area (Å²) in [5.74, 6) is 4.96. The fourth-order valence-electron chi connectivity index (χ4n) is 5.66. The third kappa shape index (κ3) is 32.0. The molecule has 0 spiro atoms. The zero-order valence-electron chi connectivity index (χ0n) is 31.2. The van der Waals surface area contributed by atoms with Crippen molar-refractivity contribution in [2.75, 3.05) is 6.61 Å². The molecule has 0 aliphatic rings. The van der Waals surface area contributed by atoms with Gasteiger partial charge in [-0.1, -0.05) is 115 Å². The number of hydrogen-bond donors (Lipinski definition) is 1. The lowest BCUT2D eigenvalue weighted by Gasteiger charge is -2.25. The molecule has 0 fully saturated rings. The van der Waals surface area contributed by atoms with Crippen LogP contribution < -0.4 is 0 Å². The van der Waals surface area contributed by atoms with Crippen LogP contribution in [0.15, 0.2) is 24.8 Å². The van der Waals surface area contributed by atoms with Gasteiger partial charge in [0.1, 0.15) is 18.8 Å². The number of aliphatic hydroxyl groups is 1. The van der Waals surface area contributed by atoms with E-state index >= 15 is 0 Å². The number of esters is 3. The lowest BCUT2D eigenvalue weighted by molar-refractivity contribution is -0.153. The molecule has 1 N–H and O–H groups in total. The Morgan fingerprint density at radius 3 is 1.94 bits per heavy atom. The highest BCUT2D eigenvalue weighted by molar-refractivity contribution is 5.70. The normalized spacial score (nSPS) is 13.6. The van der Waals surface area contributed by atoms with Crippen LogP contribution in [0.25, 0.3) is 0 Å². The molecule has 0 amide bonds. The monoisotopic (exact) mass is 675 g/mol. The summed E-state index contributed by atoms with van der Waals surface area (Å²) in [4.78, 5) is 35.7. The lowest BCUT2D eigenvalue weighted by atomic mass is 9.93. The van der Waals surface area contributed by atoms with Crippen LogP contribution >= 0.6 is 0 Å². The third-order valence-corrected chi connectivity index (χ3v) is 8.30. The van der Waals surface area contributed by atoms with Gasteiger partial charge in [0.05, 0.1) is 18.4 Å². The largest absolute Gasteiger partial charge is 0.462 e. The predicted molar refractivity (Wildman–Crippen MR) is 196 cm³/mol. The highest BCUT2D eigenvalue weighted by atomic mass is 16.6. The van der Waals surface area contributed by atoms with Gasteiger partial charge in [0.2, 0.25) is 0 Å². The Balaban J connectivity index is 3.95. The van der Waals surface area contributed by atoms with Crippen molar-refractivity contribution in [3.05, 3.63) is 24.8 Å². The van der Waals surface area contributed by atoms with Crippen molar-refractivity contribution in [2.24, 2.45) is 0 Å². The van der Waals surface area contributed by atoms with Gasteiger partial charge in [-0.3, -0.25) is 14.4 Å². The summed E-state index contributed by atoms with van der Waals surface area (Å²) in [6.45, 7) is 10.6. The van der Waals surface area contributed by atoms with Crippen LogP contribution in [0.5, 0.6) is 0 Å². The minimum Gasteiger partial charge on any atom is -0.462 e. The molecular formula is C41H70O7. The van der Waals surface area contributed by atoms with E-state index in [1.54, 1.807) is 13.8 Å². The molecule has 0 unspecified atom stereocenters. The first-order valence-corrected chi connectivity index (χ1v) is 19.1. The van der Waals surface area contributed by atoms with E-state index < -0.39 is 29.7 Å². The first-order chi connectivity index (χ1) is 23.1. The molecule has 0 aliphatic heterocycles. The Labute approximate surface area is 294 Å². The Morgan fingerprint density at radius 1 is 0.792 bits per heavy atom. The van der Waals surface area contributed by atoms with E-state index in [9.17, 15) is 19.5 Å². The molecule has 0 radical (unpaired) electrons. The van der Waals surface area contributed by atoms with Crippen molar-refractivity contribution in [3.63, 3.8) is 0 Å². The van der Waals surface area contributed by atoms with E-state index in [0.29, 0.717) is 32.1 Å². The number of ether oxygens (including phenoxy) is 3. The molecule has 0 aromatic heterocycles. The van der Waals surface area contributed by atoms with Crippen LogP contribution in [0, 0.1) is 11.8 Å². The highest BCUT2D eigenvalue weighted by Crippen LogP contribution is 2.22. The fourth-order valence-corrected chi connectivity index (χ4v) is 5.66. The van der Waals surface area contributed by atoms with Crippen LogP contribution in [-0.4, -0.2) is 47.4 Å². The van der Waals surface area contributed by atoms with Crippen LogP contribution in [0.2, 0.25) is 0 Å². The number of unbranched alkanes of at least 4 members (excludes halogenated alkanes) is 15. The second-order valence-corrected chi connectivity index (χ2v) is 13.6. The van der Waals surface area contributed by atoms with Crippen molar-refractivity contribution in [1.29, 1.82) is 0 Å². The molecule has 0 saturated heterocycles. The van der Waals surface area contributed by atoms with Crippen molar-refractivity contribution in [3.8, 4) is 11.8 Å². The van der Waals surface area contributed by atoms with Crippen LogP contribution in [0.1, 0.15) is 182 Å². The van der Waals surface area contributed by atoms with Crippen molar-refractivity contribution >= 4 is 17.9 Å². The second kappa shape index (κ2) is 31.7. The van der Waals surface area contributed by atoms with Gasteiger partial charge in [-0.15, -0.1) is 11.8 Å². The van der Waals surface area contributed by atoms with E-state index in [4.69, 9.17) is 14.2 Å². The van der Waals surface area contributed by atoms with E-state index in [0.717, 1.165) is 19.3 Å². The van der Waals surface area contributed by atoms with E-state index in [1.807, 2.05) is 0 Å². The molecule has 0 aliphatic carbocycles. The lowest BCUT2D eigenvalue weighted by Crippen LogP contribution is -2.30. The van der Waals surface area contributed by atoms with Crippen LogP contribution in [-0.2, 0) is 28.6 Å². The summed E-state index contributed by atoms with van der Waals surface area (Å²) in [6.07, 6.45) is 29.5. The Kier molecular flexibility index (Phi) is 30.0. The molecule has 0 aromatic rings. The van der Waals surface area contributed by atoms with E-state index in [-0.39, 0.29) is 25.4 Å². The zero-order valence-corrected chi connectivity index (χ0v) is 31.2. The first-order valence-electron chi connectivity index (χ1n) is 19.1. The fraction of sp³-hybridized carbons (Fsp3) is 0.780. The third-order valence-electron chi connectivity index (χ3n) is 8.30. The van der Waals surface area contributed by atoms with Gasteiger partial charge in [-0.05, 0) is 52.4 Å². The standard InChI is InChI=1S/C41H70O7/c1-6-8-9-10-11-12-13-14-15-16-17-18-19-20-21-22-23-24-25-26-27-28-31-39(43)47-36(3)34-38(48-37(4)42)30-29-32-41(5,45)35-40(44)46-33-7-2/h7,22-23,36,38,45H,2,6,8-21,24-25,28-35H2,1,3-5H3/b23-22-/t36-,38+,41+/m1/s1. The Bertz CT molecular complexity index is 927. The number of carbonyl (C=O) groups excluding carboxylic acids is 3. The molecule has 0 rings (SSSR count). The van der Waals surface area contributed by atoms with Gasteiger partial charge in [0.15, 0.2) is 0 Å². The molecule has 276 valence electrons. The minimum atomic E-state index is -1.24. The summed E-state index contributed by atoms with van der Waals surface area (Å²) in [5.41, 5.74) is -1.24. The molecule has 7 nitrogen and oxygen atoms in total. The molecule has 0 saturated carbocycles. The Morgan fingerprint density at radius 2 is 1.35 bits per heavy atom. The molecule has 7 heteroatoms. The maximum atomic E-state index is 12.3. The van der Waals surface area contributed by atoms with Gasteiger partial charge in [-0.2, -0.15) is 0 Å². The summed E-state index contributed by atoms with van der Waals surface area (Å²) in [7, 11) is 0. The average molecular weight is 675 g/mol. The number of carbonyl (C=O) groups is 3. The SMILES string of the molecule is C=CCOC(=O)C[C@@](C)(O)CCC[C@@H](C[C@@H](C)OC(=O)CCC#CCC/C=C\CCCCCCCCCCCCCCCC)OC(C)=O. The quantitative estimate of drug-likeness (QED) is 0.0257. The first kappa shape index (κ1) is 45.4. The van der Waals surface area contributed by atoms with E-state index in [1.165, 1.54) is 103 Å². The maximum Gasteiger partial charge on any atom is 0.309 e. The predicted octanol–water partition coefficient (Wildman–Crippen LogP) is 10.3. The highest BCUT2D eigenvalue weighted by Gasteiger charge is 2.26. The molecular weight excluding hydrogens is 604 g/mol. The second-order valence-electron chi connectivity index (χ2n) is 13.6. The Hall–Kier alpha value is -2.59. The van der Waals surface area contributed by atoms with Gasteiger partial charge in [0.25, 0.3) is 0 Å². The van der Waals surface area contributed by atoms with Crippen LogP contribution in [0.4, 0.5) is 0 Å². The average Bonchev–Trinajstić information content (AvgIpc) is 3.01. The smallest absolute Gasteiger partial charge is 0.309 e. The van der Waals surface area contributed by atoms with Gasteiger partial charge >= 0.3 is 17.9 Å². The molecule has 0 bridgehead atoms. The van der Waals surface area contributed by atoms with Gasteiger partial charge < -0.3 is 19.3 Å². The number of rotatable bonds is 31. The van der Waals surface area contributed by atoms with Gasteiger partial charge in [0, 0.05) is 26.2 Å². The molecule has 0 heterocycles. The summed E-state index contributed by atoms with van der Waals surface area (Å²) in [5, 5.41) is 10.5. The summed E-state index contributed by atoms with van der Waals surface area (Å²) >= 11 is 0. The topological polar surface area (TPSA) is 99.1 Å². The van der Waals surface area contributed by atoms with E-state index in [2.05, 4.69) is 37.5 Å². The summed E-state index contributed by atoms with van der Waals surface area (Å²) < 4.78 is 15.9. The minimum absolute atomic E-state index is 0.101. The molecule has 0 aromatic carbocycles. The molecule has 3 atom stereocenters. The van der Waals surface area contributed by atoms with Crippen molar-refractivity contribution in [2.45, 2.75) is 200 Å².